The molecule has 0 heterocycles. The minimum atomic E-state index is -1.86. The fraction of sp³-hybridized carbons (Fsp3) is 0.222. The van der Waals surface area contributed by atoms with Gasteiger partial charge in [-0.3, -0.25) is 4.79 Å². The van der Waals surface area contributed by atoms with Gasteiger partial charge >= 0.3 is 0 Å². The molecule has 0 aliphatic heterocycles. The Labute approximate surface area is 188 Å². The molecule has 0 unspecified atom stereocenters. The monoisotopic (exact) mass is 479 g/mol. The summed E-state index contributed by atoms with van der Waals surface area (Å²) in [4.78, 5) is 12.4. The van der Waals surface area contributed by atoms with E-state index in [1.165, 1.54) is 6.07 Å². The fourth-order valence-electron chi connectivity index (χ4n) is 2.14. The number of halogens is 4. The van der Waals surface area contributed by atoms with Gasteiger partial charge in [0.2, 0.25) is 3.79 Å². The molecule has 1 amide bonds. The third-order valence-corrected chi connectivity index (χ3v) is 4.50. The van der Waals surface area contributed by atoms with Gasteiger partial charge < -0.3 is 20.7 Å². The molecule has 0 bridgehead atoms. The molecule has 0 aliphatic carbocycles. The van der Waals surface area contributed by atoms with Gasteiger partial charge in [0.15, 0.2) is 5.11 Å². The molecule has 1 atom stereocenters. The Hall–Kier alpha value is -1.44. The normalized spacial score (nSPS) is 12.0. The van der Waals surface area contributed by atoms with Crippen LogP contribution in [-0.2, 0) is 0 Å². The van der Waals surface area contributed by atoms with E-state index in [0.717, 1.165) is 5.75 Å². The molecule has 0 spiro atoms. The van der Waals surface area contributed by atoms with Crippen LogP contribution in [0.5, 0.6) is 5.75 Å². The smallest absolute Gasteiger partial charge is 0.253 e. The molecule has 0 aromatic heterocycles. The summed E-state index contributed by atoms with van der Waals surface area (Å²) in [7, 11) is 0. The minimum Gasteiger partial charge on any atom is -0.494 e. The lowest BCUT2D eigenvalue weighted by molar-refractivity contribution is 0.0934. The lowest BCUT2D eigenvalue weighted by atomic mass is 10.2. The summed E-state index contributed by atoms with van der Waals surface area (Å²) < 4.78 is 3.52. The van der Waals surface area contributed by atoms with Crippen LogP contribution < -0.4 is 20.7 Å². The van der Waals surface area contributed by atoms with Crippen molar-refractivity contribution in [3.05, 3.63) is 59.1 Å². The predicted octanol–water partition coefficient (Wildman–Crippen LogP) is 5.15. The minimum absolute atomic E-state index is 0.159. The molecule has 0 saturated heterocycles. The van der Waals surface area contributed by atoms with Crippen LogP contribution in [0.3, 0.4) is 0 Å². The summed E-state index contributed by atoms with van der Waals surface area (Å²) >= 11 is 29.1. The van der Waals surface area contributed by atoms with Crippen molar-refractivity contribution >= 4 is 75.3 Å². The number of ether oxygens (including phenoxy) is 1. The highest BCUT2D eigenvalue weighted by Crippen LogP contribution is 2.29. The van der Waals surface area contributed by atoms with E-state index in [1.807, 2.05) is 6.92 Å². The van der Waals surface area contributed by atoms with E-state index in [2.05, 4.69) is 16.0 Å². The van der Waals surface area contributed by atoms with E-state index >= 15 is 0 Å². The van der Waals surface area contributed by atoms with Crippen molar-refractivity contribution in [2.24, 2.45) is 0 Å². The van der Waals surface area contributed by atoms with E-state index in [-0.39, 0.29) is 5.11 Å². The number of anilines is 1. The first kappa shape index (κ1) is 22.8. The van der Waals surface area contributed by atoms with Gasteiger partial charge in [0.05, 0.1) is 6.61 Å². The number of thiocarbonyl (C=S) groups is 1. The number of rotatable bonds is 6. The van der Waals surface area contributed by atoms with Crippen LogP contribution in [0.15, 0.2) is 48.5 Å². The van der Waals surface area contributed by atoms with Gasteiger partial charge in [-0.1, -0.05) is 52.5 Å². The predicted molar refractivity (Wildman–Crippen MR) is 120 cm³/mol. The Balaban J connectivity index is 2.03. The number of amides is 1. The number of nitrogens with one attached hydrogen (secondary N) is 3. The quantitative estimate of drug-likeness (QED) is 0.303. The average Bonchev–Trinajstić information content (AvgIpc) is 2.62. The van der Waals surface area contributed by atoms with Crippen LogP contribution in [0.4, 0.5) is 5.69 Å². The van der Waals surface area contributed by atoms with Crippen molar-refractivity contribution in [1.29, 1.82) is 0 Å². The van der Waals surface area contributed by atoms with Crippen molar-refractivity contribution < 1.29 is 9.53 Å². The molecule has 2 rings (SSSR count). The fourth-order valence-corrected chi connectivity index (χ4v) is 2.90. The summed E-state index contributed by atoms with van der Waals surface area (Å²) in [5.41, 5.74) is 1.02. The average molecular weight is 481 g/mol. The maximum Gasteiger partial charge on any atom is 0.253 e. The first-order valence-corrected chi connectivity index (χ1v) is 10.0. The van der Waals surface area contributed by atoms with E-state index in [4.69, 9.17) is 63.4 Å². The largest absolute Gasteiger partial charge is 0.494 e. The van der Waals surface area contributed by atoms with Crippen LogP contribution >= 0.6 is 58.6 Å². The van der Waals surface area contributed by atoms with Crippen molar-refractivity contribution in [1.82, 2.24) is 10.6 Å². The van der Waals surface area contributed by atoms with Crippen LogP contribution in [0, 0.1) is 0 Å². The highest BCUT2D eigenvalue weighted by Gasteiger charge is 2.34. The Morgan fingerprint density at radius 2 is 1.82 bits per heavy atom. The second-order valence-electron chi connectivity index (χ2n) is 5.51. The van der Waals surface area contributed by atoms with E-state index in [9.17, 15) is 4.79 Å². The zero-order chi connectivity index (χ0) is 20.7. The number of alkyl halides is 3. The Kier molecular flexibility index (Phi) is 8.46. The summed E-state index contributed by atoms with van der Waals surface area (Å²) in [6, 6.07) is 13.5. The molecule has 2 aromatic rings. The lowest BCUT2D eigenvalue weighted by Crippen LogP contribution is -2.56. The van der Waals surface area contributed by atoms with Gasteiger partial charge in [-0.25, -0.2) is 0 Å². The molecule has 10 heteroatoms. The molecule has 5 nitrogen and oxygen atoms in total. The molecule has 150 valence electrons. The Morgan fingerprint density at radius 1 is 1.14 bits per heavy atom. The number of hydrogen-bond donors (Lipinski definition) is 3. The first-order chi connectivity index (χ1) is 13.2. The molecule has 0 aliphatic rings. The zero-order valence-corrected chi connectivity index (χ0v) is 18.5. The van der Waals surface area contributed by atoms with Gasteiger partial charge in [0.25, 0.3) is 5.91 Å². The van der Waals surface area contributed by atoms with Crippen molar-refractivity contribution in [3.8, 4) is 5.75 Å². The van der Waals surface area contributed by atoms with E-state index in [1.54, 1.807) is 42.5 Å². The van der Waals surface area contributed by atoms with Gasteiger partial charge in [0.1, 0.15) is 11.9 Å². The van der Waals surface area contributed by atoms with E-state index in [0.29, 0.717) is 22.9 Å². The lowest BCUT2D eigenvalue weighted by Gasteiger charge is -2.27. The van der Waals surface area contributed by atoms with Crippen LogP contribution in [-0.4, -0.2) is 27.6 Å². The highest BCUT2D eigenvalue weighted by molar-refractivity contribution is 7.80. The third kappa shape index (κ3) is 7.18. The second kappa shape index (κ2) is 10.4. The SMILES string of the molecule is CCOc1ccc(NC(=S)N[C@H](NC(=O)c2cccc(Cl)c2)C(Cl)(Cl)Cl)cc1. The van der Waals surface area contributed by atoms with Crippen LogP contribution in [0.2, 0.25) is 5.02 Å². The molecule has 2 aromatic carbocycles. The molecular weight excluding hydrogens is 464 g/mol. The Bertz CT molecular complexity index is 828. The van der Waals surface area contributed by atoms with Crippen molar-refractivity contribution in [2.45, 2.75) is 16.9 Å². The van der Waals surface area contributed by atoms with Gasteiger partial charge in [-0.15, -0.1) is 0 Å². The second-order valence-corrected chi connectivity index (χ2v) is 8.73. The van der Waals surface area contributed by atoms with Gasteiger partial charge in [0, 0.05) is 16.3 Å². The number of carbonyl (C=O) groups is 1. The summed E-state index contributed by atoms with van der Waals surface area (Å²) in [6.07, 6.45) is -1.09. The molecule has 0 fully saturated rings. The number of benzene rings is 2. The summed E-state index contributed by atoms with van der Waals surface area (Å²) in [6.45, 7) is 2.48. The Morgan fingerprint density at radius 3 is 2.39 bits per heavy atom. The third-order valence-electron chi connectivity index (χ3n) is 3.39. The topological polar surface area (TPSA) is 62.4 Å². The van der Waals surface area contributed by atoms with Crippen molar-refractivity contribution in [2.75, 3.05) is 11.9 Å². The van der Waals surface area contributed by atoms with Gasteiger partial charge in [-0.05, 0) is 61.6 Å². The maximum absolute atomic E-state index is 12.4. The first-order valence-electron chi connectivity index (χ1n) is 8.12. The summed E-state index contributed by atoms with van der Waals surface area (Å²) in [5, 5.41) is 8.91. The van der Waals surface area contributed by atoms with Crippen molar-refractivity contribution in [3.63, 3.8) is 0 Å². The molecule has 3 N–H and O–H groups in total. The molecule has 28 heavy (non-hydrogen) atoms. The highest BCUT2D eigenvalue weighted by atomic mass is 35.6. The van der Waals surface area contributed by atoms with Gasteiger partial charge in [-0.2, -0.15) is 0 Å². The summed E-state index contributed by atoms with van der Waals surface area (Å²) in [5.74, 6) is 0.259. The number of hydrogen-bond acceptors (Lipinski definition) is 3. The van der Waals surface area contributed by atoms with Crippen LogP contribution in [0.1, 0.15) is 17.3 Å². The molecule has 0 radical (unpaired) electrons. The maximum atomic E-state index is 12.4. The van der Waals surface area contributed by atoms with E-state index < -0.39 is 15.9 Å². The molecule has 0 saturated carbocycles. The van der Waals surface area contributed by atoms with Crippen LogP contribution in [0.25, 0.3) is 0 Å². The molecular formula is C18H17Cl4N3O2S. The number of carbonyl (C=O) groups excluding carboxylic acids is 1. The zero-order valence-electron chi connectivity index (χ0n) is 14.6. The standard InChI is InChI=1S/C18H17Cl4N3O2S/c1-2-27-14-8-6-13(7-9-14)23-17(28)25-16(18(20,21)22)24-15(26)11-4-3-5-12(19)10-11/h3-10,16H,2H2,1H3,(H,24,26)(H2,23,25,28)/t16-/m0/s1.